The minimum atomic E-state index is 0.0695. The second-order valence-corrected chi connectivity index (χ2v) is 6.52. The van der Waals surface area contributed by atoms with Crippen molar-refractivity contribution in [2.75, 3.05) is 0 Å². The first-order chi connectivity index (χ1) is 7.56. The topological polar surface area (TPSA) is 17.1 Å². The summed E-state index contributed by atoms with van der Waals surface area (Å²) in [5.74, 6) is 0.0695. The number of ketones is 1. The highest BCUT2D eigenvalue weighted by Crippen LogP contribution is 2.24. The summed E-state index contributed by atoms with van der Waals surface area (Å²) in [5, 5.41) is 0. The van der Waals surface area contributed by atoms with Crippen LogP contribution in [0.5, 0.6) is 0 Å². The molecule has 0 aliphatic rings. The molecule has 0 unspecified atom stereocenters. The average Bonchev–Trinajstić information content (AvgIpc) is 2.62. The Morgan fingerprint density at radius 1 is 1.12 bits per heavy atom. The number of carbonyl (C=O) groups is 1. The Labute approximate surface area is 115 Å². The number of aryl methyl sites for hydroxylation is 1. The Morgan fingerprint density at radius 2 is 1.75 bits per heavy atom. The second-order valence-electron chi connectivity index (χ2n) is 3.40. The van der Waals surface area contributed by atoms with Crippen LogP contribution in [0.3, 0.4) is 0 Å². The van der Waals surface area contributed by atoms with Crippen molar-refractivity contribution in [2.45, 2.75) is 6.92 Å². The van der Waals surface area contributed by atoms with Crippen molar-refractivity contribution in [3.05, 3.63) is 54.6 Å². The molecule has 0 N–H and O–H groups in total. The van der Waals surface area contributed by atoms with E-state index in [1.165, 1.54) is 11.3 Å². The van der Waals surface area contributed by atoms with Gasteiger partial charge in [0.05, 0.1) is 4.88 Å². The van der Waals surface area contributed by atoms with Crippen LogP contribution in [0.2, 0.25) is 0 Å². The summed E-state index contributed by atoms with van der Waals surface area (Å²) in [5.41, 5.74) is 0.697. The molecule has 1 aromatic carbocycles. The molecule has 2 rings (SSSR count). The zero-order valence-corrected chi connectivity index (χ0v) is 12.4. The molecule has 0 bridgehead atoms. The van der Waals surface area contributed by atoms with E-state index < -0.39 is 0 Å². The predicted octanol–water partition coefficient (Wildman–Crippen LogP) is 4.81. The third kappa shape index (κ3) is 2.62. The van der Waals surface area contributed by atoms with Crippen molar-refractivity contribution in [2.24, 2.45) is 0 Å². The number of halogens is 2. The first kappa shape index (κ1) is 12.0. The summed E-state index contributed by atoms with van der Waals surface area (Å²) < 4.78 is 1.80. The number of hydrogen-bond donors (Lipinski definition) is 0. The molecule has 82 valence electrons. The molecular weight excluding hydrogens is 352 g/mol. The monoisotopic (exact) mass is 358 g/mol. The van der Waals surface area contributed by atoms with Crippen LogP contribution in [0.4, 0.5) is 0 Å². The van der Waals surface area contributed by atoms with E-state index in [9.17, 15) is 4.79 Å². The van der Waals surface area contributed by atoms with E-state index >= 15 is 0 Å². The van der Waals surface area contributed by atoms with E-state index in [1.54, 1.807) is 0 Å². The van der Waals surface area contributed by atoms with Gasteiger partial charge in [0.25, 0.3) is 0 Å². The van der Waals surface area contributed by atoms with Crippen LogP contribution in [-0.4, -0.2) is 5.78 Å². The summed E-state index contributed by atoms with van der Waals surface area (Å²) in [7, 11) is 0. The average molecular weight is 360 g/mol. The minimum absolute atomic E-state index is 0.0695. The summed E-state index contributed by atoms with van der Waals surface area (Å²) in [6.45, 7) is 2.00. The van der Waals surface area contributed by atoms with Crippen LogP contribution < -0.4 is 0 Å². The molecule has 1 aromatic heterocycles. The third-order valence-electron chi connectivity index (χ3n) is 2.09. The molecular formula is C12H8Br2OS. The molecule has 16 heavy (non-hydrogen) atoms. The Hall–Kier alpha value is -0.450. The SMILES string of the molecule is Cc1ccc(C(=O)c2cc(Br)cc(Br)c2)s1. The Balaban J connectivity index is 2.41. The van der Waals surface area contributed by atoms with E-state index in [-0.39, 0.29) is 5.78 Å². The van der Waals surface area contributed by atoms with Gasteiger partial charge >= 0.3 is 0 Å². The molecule has 0 amide bonds. The fraction of sp³-hybridized carbons (Fsp3) is 0.0833. The summed E-state index contributed by atoms with van der Waals surface area (Å²) in [4.78, 5) is 14.1. The Morgan fingerprint density at radius 3 is 2.25 bits per heavy atom. The van der Waals surface area contributed by atoms with Crippen molar-refractivity contribution in [1.82, 2.24) is 0 Å². The van der Waals surface area contributed by atoms with Crippen molar-refractivity contribution < 1.29 is 4.79 Å². The van der Waals surface area contributed by atoms with Crippen LogP contribution in [0.1, 0.15) is 20.1 Å². The molecule has 0 saturated heterocycles. The van der Waals surface area contributed by atoms with Gasteiger partial charge in [0.15, 0.2) is 0 Å². The van der Waals surface area contributed by atoms with Gasteiger partial charge in [-0.1, -0.05) is 31.9 Å². The molecule has 0 fully saturated rings. The number of hydrogen-bond acceptors (Lipinski definition) is 2. The number of thiophene rings is 1. The molecule has 2 aromatic rings. The summed E-state index contributed by atoms with van der Waals surface area (Å²) in [6.07, 6.45) is 0. The maximum absolute atomic E-state index is 12.1. The molecule has 0 atom stereocenters. The lowest BCUT2D eigenvalue weighted by atomic mass is 10.1. The Kier molecular flexibility index (Phi) is 3.62. The van der Waals surface area contributed by atoms with Gasteiger partial charge in [0, 0.05) is 19.4 Å². The Bertz CT molecular complexity index is 525. The lowest BCUT2D eigenvalue weighted by Crippen LogP contribution is -1.98. The second kappa shape index (κ2) is 4.82. The van der Waals surface area contributed by atoms with Gasteiger partial charge in [-0.3, -0.25) is 4.79 Å². The lowest BCUT2D eigenvalue weighted by Gasteiger charge is -2.00. The van der Waals surface area contributed by atoms with Crippen LogP contribution in [0, 0.1) is 6.92 Å². The molecule has 1 heterocycles. The standard InChI is InChI=1S/C12H8Br2OS/c1-7-2-3-11(16-7)12(15)8-4-9(13)6-10(14)5-8/h2-6H,1H3. The number of benzene rings is 1. The largest absolute Gasteiger partial charge is 0.288 e. The van der Waals surface area contributed by atoms with Crippen LogP contribution in [0.15, 0.2) is 39.3 Å². The first-order valence-corrected chi connectivity index (χ1v) is 7.04. The molecule has 0 saturated carbocycles. The fourth-order valence-corrected chi connectivity index (χ4v) is 3.51. The van der Waals surface area contributed by atoms with Gasteiger partial charge in [-0.05, 0) is 37.3 Å². The van der Waals surface area contributed by atoms with Crippen LogP contribution in [0.25, 0.3) is 0 Å². The first-order valence-electron chi connectivity index (χ1n) is 4.63. The molecule has 0 spiro atoms. The van der Waals surface area contributed by atoms with Gasteiger partial charge in [-0.2, -0.15) is 0 Å². The van der Waals surface area contributed by atoms with Gasteiger partial charge in [0.1, 0.15) is 0 Å². The van der Waals surface area contributed by atoms with Crippen molar-refractivity contribution >= 4 is 49.0 Å². The molecule has 0 aliphatic carbocycles. The van der Waals surface area contributed by atoms with E-state index in [2.05, 4.69) is 31.9 Å². The maximum Gasteiger partial charge on any atom is 0.203 e. The highest BCUT2D eigenvalue weighted by molar-refractivity contribution is 9.11. The zero-order chi connectivity index (χ0) is 11.7. The number of carbonyl (C=O) groups excluding carboxylic acids is 1. The molecule has 0 aliphatic heterocycles. The summed E-state index contributed by atoms with van der Waals surface area (Å²) >= 11 is 8.28. The predicted molar refractivity (Wildman–Crippen MR) is 74.3 cm³/mol. The maximum atomic E-state index is 12.1. The van der Waals surface area contributed by atoms with Gasteiger partial charge in [-0.25, -0.2) is 0 Å². The van der Waals surface area contributed by atoms with E-state index in [0.717, 1.165) is 18.7 Å². The van der Waals surface area contributed by atoms with Crippen molar-refractivity contribution in [1.29, 1.82) is 0 Å². The highest BCUT2D eigenvalue weighted by atomic mass is 79.9. The lowest BCUT2D eigenvalue weighted by molar-refractivity contribution is 0.104. The molecule has 1 nitrogen and oxygen atoms in total. The van der Waals surface area contributed by atoms with Crippen molar-refractivity contribution in [3.63, 3.8) is 0 Å². The number of rotatable bonds is 2. The van der Waals surface area contributed by atoms with Gasteiger partial charge < -0.3 is 0 Å². The minimum Gasteiger partial charge on any atom is -0.288 e. The quantitative estimate of drug-likeness (QED) is 0.703. The van der Waals surface area contributed by atoms with E-state index in [1.807, 2.05) is 37.3 Å². The van der Waals surface area contributed by atoms with Crippen LogP contribution in [-0.2, 0) is 0 Å². The van der Waals surface area contributed by atoms with Gasteiger partial charge in [-0.15, -0.1) is 11.3 Å². The van der Waals surface area contributed by atoms with E-state index in [4.69, 9.17) is 0 Å². The smallest absolute Gasteiger partial charge is 0.203 e. The highest BCUT2D eigenvalue weighted by Gasteiger charge is 2.12. The van der Waals surface area contributed by atoms with Gasteiger partial charge in [0.2, 0.25) is 5.78 Å². The van der Waals surface area contributed by atoms with E-state index in [0.29, 0.717) is 5.56 Å². The zero-order valence-electron chi connectivity index (χ0n) is 8.46. The summed E-state index contributed by atoms with van der Waals surface area (Å²) in [6, 6.07) is 9.42. The van der Waals surface area contributed by atoms with Crippen molar-refractivity contribution in [3.8, 4) is 0 Å². The normalized spacial score (nSPS) is 10.4. The molecule has 0 radical (unpaired) electrons. The fourth-order valence-electron chi connectivity index (χ4n) is 1.38. The molecule has 4 heteroatoms. The van der Waals surface area contributed by atoms with Crippen LogP contribution >= 0.6 is 43.2 Å². The third-order valence-corrected chi connectivity index (χ3v) is 4.00.